The maximum Gasteiger partial charge on any atom is 0.228 e. The molecule has 0 aliphatic rings. The van der Waals surface area contributed by atoms with Gasteiger partial charge in [0.15, 0.2) is 5.13 Å². The number of anilines is 1. The van der Waals surface area contributed by atoms with Crippen LogP contribution in [0.4, 0.5) is 5.13 Å². The first kappa shape index (κ1) is 18.8. The van der Waals surface area contributed by atoms with Crippen LogP contribution in [-0.4, -0.2) is 34.8 Å². The number of rotatable bonds is 9. The average Bonchev–Trinajstić information content (AvgIpc) is 3.30. The van der Waals surface area contributed by atoms with Crippen LogP contribution in [0.15, 0.2) is 35.0 Å². The fraction of sp³-hybridized carbons (Fsp3) is 0.389. The highest BCUT2D eigenvalue weighted by Gasteiger charge is 2.09. The normalized spacial score (nSPS) is 11.0. The lowest BCUT2D eigenvalue weighted by molar-refractivity contribution is 0.376. The second-order valence-electron chi connectivity index (χ2n) is 5.73. The second-order valence-corrected chi connectivity index (χ2v) is 7.26. The number of nitrogens with zero attached hydrogens (tertiary/aromatic N) is 4. The molecule has 0 aliphatic heterocycles. The van der Waals surface area contributed by atoms with E-state index in [0.29, 0.717) is 23.2 Å². The van der Waals surface area contributed by atoms with Gasteiger partial charge in [-0.3, -0.25) is 0 Å². The van der Waals surface area contributed by atoms with Crippen LogP contribution in [-0.2, 0) is 13.0 Å². The Kier molecular flexibility index (Phi) is 6.60. The van der Waals surface area contributed by atoms with Crippen molar-refractivity contribution in [2.45, 2.75) is 26.8 Å². The molecular weight excluding hydrogens is 370 g/mol. The molecule has 0 radical (unpaired) electrons. The van der Waals surface area contributed by atoms with E-state index in [9.17, 15) is 0 Å². The number of hydrogen-bond donors (Lipinski definition) is 1. The zero-order chi connectivity index (χ0) is 18.4. The van der Waals surface area contributed by atoms with Gasteiger partial charge in [0.05, 0.1) is 0 Å². The molecule has 3 aromatic rings. The van der Waals surface area contributed by atoms with Crippen molar-refractivity contribution < 1.29 is 4.52 Å². The van der Waals surface area contributed by atoms with E-state index >= 15 is 0 Å². The SMILES string of the molecule is CCN(CC)c1ncc(CNCCc2nc(-c3ccc(Cl)cc3)no2)s1. The van der Waals surface area contributed by atoms with Gasteiger partial charge in [0.1, 0.15) is 0 Å². The van der Waals surface area contributed by atoms with E-state index in [1.54, 1.807) is 11.3 Å². The van der Waals surface area contributed by atoms with Crippen molar-refractivity contribution in [1.29, 1.82) is 0 Å². The Morgan fingerprint density at radius 1 is 1.19 bits per heavy atom. The Bertz CT molecular complexity index is 813. The summed E-state index contributed by atoms with van der Waals surface area (Å²) in [6.07, 6.45) is 2.62. The van der Waals surface area contributed by atoms with Gasteiger partial charge in [0, 0.05) is 54.3 Å². The van der Waals surface area contributed by atoms with Crippen LogP contribution < -0.4 is 10.2 Å². The standard InChI is InChI=1S/C18H22ClN5OS/c1-3-24(4-2)18-21-12-15(26-18)11-20-10-9-16-22-17(23-25-16)13-5-7-14(19)8-6-13/h5-8,12,20H,3-4,9-11H2,1-2H3. The fourth-order valence-corrected chi connectivity index (χ4v) is 3.63. The Hall–Kier alpha value is -1.96. The van der Waals surface area contributed by atoms with Gasteiger partial charge in [-0.15, -0.1) is 11.3 Å². The van der Waals surface area contributed by atoms with Gasteiger partial charge in [-0.05, 0) is 38.1 Å². The van der Waals surface area contributed by atoms with Gasteiger partial charge >= 0.3 is 0 Å². The van der Waals surface area contributed by atoms with Gasteiger partial charge < -0.3 is 14.7 Å². The molecule has 2 aromatic heterocycles. The maximum atomic E-state index is 5.90. The van der Waals surface area contributed by atoms with E-state index in [-0.39, 0.29) is 0 Å². The van der Waals surface area contributed by atoms with Gasteiger partial charge in [-0.2, -0.15) is 4.98 Å². The summed E-state index contributed by atoms with van der Waals surface area (Å²) < 4.78 is 5.32. The topological polar surface area (TPSA) is 67.1 Å². The largest absolute Gasteiger partial charge is 0.349 e. The van der Waals surface area contributed by atoms with Crippen LogP contribution in [0.2, 0.25) is 5.02 Å². The van der Waals surface area contributed by atoms with Crippen LogP contribution in [0, 0.1) is 0 Å². The number of nitrogens with one attached hydrogen (secondary N) is 1. The van der Waals surface area contributed by atoms with Crippen LogP contribution in [0.3, 0.4) is 0 Å². The molecule has 26 heavy (non-hydrogen) atoms. The number of hydrogen-bond acceptors (Lipinski definition) is 7. The molecule has 1 N–H and O–H groups in total. The third-order valence-electron chi connectivity index (χ3n) is 3.96. The number of benzene rings is 1. The zero-order valence-corrected chi connectivity index (χ0v) is 16.5. The monoisotopic (exact) mass is 391 g/mol. The van der Waals surface area contributed by atoms with Crippen molar-refractivity contribution in [2.24, 2.45) is 0 Å². The van der Waals surface area contributed by atoms with Crippen molar-refractivity contribution in [3.63, 3.8) is 0 Å². The molecule has 2 heterocycles. The fourth-order valence-electron chi connectivity index (χ4n) is 2.50. The quantitative estimate of drug-likeness (QED) is 0.555. The molecule has 0 aliphatic carbocycles. The second kappa shape index (κ2) is 9.12. The zero-order valence-electron chi connectivity index (χ0n) is 14.9. The smallest absolute Gasteiger partial charge is 0.228 e. The first-order valence-electron chi connectivity index (χ1n) is 8.68. The number of aromatic nitrogens is 3. The van der Waals surface area contributed by atoms with Crippen LogP contribution in [0.25, 0.3) is 11.4 Å². The molecule has 0 saturated carbocycles. The molecule has 0 bridgehead atoms. The lowest BCUT2D eigenvalue weighted by Crippen LogP contribution is -2.21. The minimum atomic E-state index is 0.586. The van der Waals surface area contributed by atoms with E-state index in [0.717, 1.165) is 36.9 Å². The van der Waals surface area contributed by atoms with Crippen LogP contribution in [0.5, 0.6) is 0 Å². The minimum Gasteiger partial charge on any atom is -0.349 e. The Labute approximate surface area is 162 Å². The first-order chi connectivity index (χ1) is 12.7. The predicted molar refractivity (Wildman–Crippen MR) is 106 cm³/mol. The maximum absolute atomic E-state index is 5.90. The summed E-state index contributed by atoms with van der Waals surface area (Å²) in [5.74, 6) is 1.21. The van der Waals surface area contributed by atoms with E-state index < -0.39 is 0 Å². The molecule has 8 heteroatoms. The highest BCUT2D eigenvalue weighted by molar-refractivity contribution is 7.15. The molecule has 0 amide bonds. The molecule has 0 unspecified atom stereocenters. The highest BCUT2D eigenvalue weighted by atomic mass is 35.5. The average molecular weight is 392 g/mol. The van der Waals surface area contributed by atoms with Gasteiger partial charge in [-0.1, -0.05) is 16.8 Å². The summed E-state index contributed by atoms with van der Waals surface area (Å²) in [7, 11) is 0. The lowest BCUT2D eigenvalue weighted by atomic mass is 10.2. The van der Waals surface area contributed by atoms with Crippen molar-refractivity contribution >= 4 is 28.1 Å². The number of halogens is 1. The van der Waals surface area contributed by atoms with Crippen molar-refractivity contribution in [3.05, 3.63) is 46.3 Å². The first-order valence-corrected chi connectivity index (χ1v) is 9.88. The summed E-state index contributed by atoms with van der Waals surface area (Å²) in [4.78, 5) is 12.4. The van der Waals surface area contributed by atoms with Crippen LogP contribution in [0.1, 0.15) is 24.6 Å². The summed E-state index contributed by atoms with van der Waals surface area (Å²) in [6, 6.07) is 7.39. The van der Waals surface area contributed by atoms with Crippen molar-refractivity contribution in [1.82, 2.24) is 20.4 Å². The highest BCUT2D eigenvalue weighted by Crippen LogP contribution is 2.22. The Balaban J connectivity index is 1.46. The molecule has 0 spiro atoms. The van der Waals surface area contributed by atoms with Gasteiger partial charge in [-0.25, -0.2) is 4.98 Å². The van der Waals surface area contributed by atoms with Crippen molar-refractivity contribution in [3.8, 4) is 11.4 Å². The summed E-state index contributed by atoms with van der Waals surface area (Å²) >= 11 is 7.62. The third kappa shape index (κ3) is 4.81. The van der Waals surface area contributed by atoms with Crippen molar-refractivity contribution in [2.75, 3.05) is 24.5 Å². The molecule has 6 nitrogen and oxygen atoms in total. The van der Waals surface area contributed by atoms with Gasteiger partial charge in [0.25, 0.3) is 0 Å². The van der Waals surface area contributed by atoms with E-state index in [2.05, 4.69) is 39.2 Å². The molecule has 138 valence electrons. The molecular formula is C18H22ClN5OS. The molecule has 0 atom stereocenters. The number of thiazole rings is 1. The lowest BCUT2D eigenvalue weighted by Gasteiger charge is -2.16. The molecule has 0 saturated heterocycles. The van der Waals surface area contributed by atoms with Crippen LogP contribution >= 0.6 is 22.9 Å². The van der Waals surface area contributed by atoms with E-state index in [4.69, 9.17) is 16.1 Å². The molecule has 0 fully saturated rings. The third-order valence-corrected chi connectivity index (χ3v) is 5.27. The van der Waals surface area contributed by atoms with Gasteiger partial charge in [0.2, 0.25) is 11.7 Å². The Morgan fingerprint density at radius 2 is 1.96 bits per heavy atom. The Morgan fingerprint density at radius 3 is 2.69 bits per heavy atom. The predicted octanol–water partition coefficient (Wildman–Crippen LogP) is 4.03. The summed E-state index contributed by atoms with van der Waals surface area (Å²) in [5, 5.41) is 9.19. The molecule has 3 rings (SSSR count). The summed E-state index contributed by atoms with van der Waals surface area (Å²) in [5.41, 5.74) is 0.894. The van der Waals surface area contributed by atoms with E-state index in [1.165, 1.54) is 4.88 Å². The van der Waals surface area contributed by atoms with E-state index in [1.807, 2.05) is 30.5 Å². The minimum absolute atomic E-state index is 0.586. The summed E-state index contributed by atoms with van der Waals surface area (Å²) in [6.45, 7) is 7.79. The molecule has 1 aromatic carbocycles.